The minimum absolute atomic E-state index is 0. The molecule has 2 aliphatic rings. The number of carbonyl (C=O) groups is 1. The fraction of sp³-hybridized carbons (Fsp3) is 0.438. The maximum atomic E-state index is 12.8. The largest absolute Gasteiger partial charge is 0.337 e. The lowest BCUT2D eigenvalue weighted by molar-refractivity contribution is 0.0784. The van der Waals surface area contributed by atoms with Gasteiger partial charge < -0.3 is 10.6 Å². The molecule has 4 rings (SSSR count). The van der Waals surface area contributed by atoms with Crippen LogP contribution in [-0.4, -0.2) is 29.9 Å². The highest BCUT2D eigenvalue weighted by Crippen LogP contribution is 2.41. The van der Waals surface area contributed by atoms with E-state index in [2.05, 4.69) is 0 Å². The second-order valence-corrected chi connectivity index (χ2v) is 8.13. The topological polar surface area (TPSA) is 46.3 Å². The quantitative estimate of drug-likeness (QED) is 0.781. The Balaban J connectivity index is 0.00000156. The number of carbonyl (C=O) groups excluding carboxylic acids is 1. The van der Waals surface area contributed by atoms with Crippen molar-refractivity contribution in [2.75, 3.05) is 13.1 Å². The molecule has 0 spiro atoms. The number of halogens is 3. The molecule has 1 aliphatic heterocycles. The summed E-state index contributed by atoms with van der Waals surface area (Å²) in [4.78, 5) is 15.4. The van der Waals surface area contributed by atoms with Gasteiger partial charge in [-0.2, -0.15) is 0 Å². The number of hydrogen-bond donors (Lipinski definition) is 1. The van der Waals surface area contributed by atoms with Crippen molar-refractivity contribution in [1.82, 2.24) is 4.90 Å². The summed E-state index contributed by atoms with van der Waals surface area (Å²) in [5.41, 5.74) is 6.15. The van der Waals surface area contributed by atoms with Crippen LogP contribution in [0.4, 0.5) is 0 Å². The van der Waals surface area contributed by atoms with Crippen molar-refractivity contribution >= 4 is 62.9 Å². The Labute approximate surface area is 155 Å². The molecule has 3 unspecified atom stereocenters. The van der Waals surface area contributed by atoms with Crippen molar-refractivity contribution in [2.24, 2.45) is 17.6 Å². The van der Waals surface area contributed by atoms with Crippen LogP contribution >= 0.6 is 46.9 Å². The fourth-order valence-corrected chi connectivity index (χ4v) is 5.55. The number of amides is 1. The smallest absolute Gasteiger partial charge is 0.265 e. The highest BCUT2D eigenvalue weighted by Gasteiger charge is 2.43. The lowest BCUT2D eigenvalue weighted by Gasteiger charge is -2.18. The van der Waals surface area contributed by atoms with Crippen molar-refractivity contribution in [3.8, 4) is 0 Å². The van der Waals surface area contributed by atoms with Crippen LogP contribution in [0.5, 0.6) is 0 Å². The summed E-state index contributed by atoms with van der Waals surface area (Å²) in [5.74, 6) is 1.04. The summed E-state index contributed by atoms with van der Waals surface area (Å²) in [6.45, 7) is 1.57. The highest BCUT2D eigenvalue weighted by molar-refractivity contribution is 7.21. The van der Waals surface area contributed by atoms with Gasteiger partial charge >= 0.3 is 0 Å². The normalized spacial score (nSPS) is 26.4. The first kappa shape index (κ1) is 17.3. The third-order valence-electron chi connectivity index (χ3n) is 4.99. The van der Waals surface area contributed by atoms with Crippen molar-refractivity contribution in [1.29, 1.82) is 0 Å². The van der Waals surface area contributed by atoms with E-state index in [1.807, 2.05) is 17.0 Å². The number of nitrogens with zero attached hydrogens (tertiary/aromatic N) is 1. The Hall–Kier alpha value is -0.520. The molecule has 1 aromatic carbocycles. The predicted octanol–water partition coefficient (Wildman–Crippen LogP) is 4.44. The molecule has 3 nitrogen and oxygen atoms in total. The summed E-state index contributed by atoms with van der Waals surface area (Å²) in [6, 6.07) is 5.77. The van der Waals surface area contributed by atoms with Gasteiger partial charge in [0.05, 0.1) is 5.02 Å². The second kappa shape index (κ2) is 6.41. The van der Waals surface area contributed by atoms with Gasteiger partial charge in [0, 0.05) is 34.2 Å². The van der Waals surface area contributed by atoms with Gasteiger partial charge in [0.2, 0.25) is 0 Å². The molecule has 1 saturated heterocycles. The van der Waals surface area contributed by atoms with Crippen molar-refractivity contribution in [3.05, 3.63) is 33.1 Å². The Morgan fingerprint density at radius 1 is 1.26 bits per heavy atom. The van der Waals surface area contributed by atoms with Gasteiger partial charge in [-0.15, -0.1) is 23.7 Å². The van der Waals surface area contributed by atoms with E-state index < -0.39 is 0 Å². The molecule has 2 N–H and O–H groups in total. The second-order valence-electron chi connectivity index (χ2n) is 6.26. The molecule has 124 valence electrons. The van der Waals surface area contributed by atoms with Crippen molar-refractivity contribution in [2.45, 2.75) is 18.9 Å². The first-order valence-electron chi connectivity index (χ1n) is 7.47. The van der Waals surface area contributed by atoms with Gasteiger partial charge in [-0.25, -0.2) is 0 Å². The summed E-state index contributed by atoms with van der Waals surface area (Å²) in [5, 5.41) is 2.10. The molecule has 7 heteroatoms. The van der Waals surface area contributed by atoms with Crippen LogP contribution in [0.3, 0.4) is 0 Å². The van der Waals surface area contributed by atoms with E-state index in [-0.39, 0.29) is 24.4 Å². The predicted molar refractivity (Wildman–Crippen MR) is 99.2 cm³/mol. The number of hydrogen-bond acceptors (Lipinski definition) is 3. The fourth-order valence-electron chi connectivity index (χ4n) is 3.79. The van der Waals surface area contributed by atoms with Gasteiger partial charge in [-0.05, 0) is 36.8 Å². The SMILES string of the molecule is Cl.NC1CCC2CN(C(=O)c3sc4cc(Cl)ccc4c3Cl)CC12. The van der Waals surface area contributed by atoms with E-state index in [1.54, 1.807) is 6.07 Å². The Morgan fingerprint density at radius 2 is 2.04 bits per heavy atom. The number of fused-ring (bicyclic) bond motifs is 2. The van der Waals surface area contributed by atoms with Gasteiger partial charge in [-0.1, -0.05) is 29.3 Å². The number of benzene rings is 1. The lowest BCUT2D eigenvalue weighted by atomic mass is 9.98. The highest BCUT2D eigenvalue weighted by atomic mass is 35.5. The van der Waals surface area contributed by atoms with Crippen LogP contribution in [0.15, 0.2) is 18.2 Å². The zero-order valence-corrected chi connectivity index (χ0v) is 15.4. The molecule has 1 aromatic heterocycles. The van der Waals surface area contributed by atoms with Gasteiger partial charge in [-0.3, -0.25) is 4.79 Å². The molecule has 0 bridgehead atoms. The number of thiophene rings is 1. The van der Waals surface area contributed by atoms with E-state index in [4.69, 9.17) is 28.9 Å². The molecule has 2 heterocycles. The summed E-state index contributed by atoms with van der Waals surface area (Å²) >= 11 is 13.9. The monoisotopic (exact) mass is 390 g/mol. The summed E-state index contributed by atoms with van der Waals surface area (Å²) in [7, 11) is 0. The van der Waals surface area contributed by atoms with Crippen LogP contribution in [0.25, 0.3) is 10.1 Å². The van der Waals surface area contributed by atoms with Crippen LogP contribution in [-0.2, 0) is 0 Å². The standard InChI is InChI=1S/C16H16Cl2N2OS.ClH/c17-9-2-3-10-13(5-9)22-15(14(10)18)16(21)20-6-8-1-4-12(19)11(8)7-20;/h2-3,5,8,11-12H,1,4,6-7,19H2;1H. The van der Waals surface area contributed by atoms with Crippen LogP contribution < -0.4 is 5.73 Å². The van der Waals surface area contributed by atoms with Crippen LogP contribution in [0.2, 0.25) is 10.0 Å². The Kier molecular flexibility index (Phi) is 4.83. The van der Waals surface area contributed by atoms with E-state index in [1.165, 1.54) is 11.3 Å². The third kappa shape index (κ3) is 2.85. The van der Waals surface area contributed by atoms with E-state index >= 15 is 0 Å². The Morgan fingerprint density at radius 3 is 2.78 bits per heavy atom. The zero-order chi connectivity index (χ0) is 15.4. The first-order chi connectivity index (χ1) is 10.5. The van der Waals surface area contributed by atoms with Crippen molar-refractivity contribution < 1.29 is 4.79 Å². The molecule has 1 aliphatic carbocycles. The summed E-state index contributed by atoms with van der Waals surface area (Å²) < 4.78 is 0.956. The molecular formula is C16H17Cl3N2OS. The first-order valence-corrected chi connectivity index (χ1v) is 9.04. The van der Waals surface area contributed by atoms with Gasteiger partial charge in [0.1, 0.15) is 4.88 Å². The minimum atomic E-state index is 0. The molecule has 1 saturated carbocycles. The Bertz CT molecular complexity index is 763. The summed E-state index contributed by atoms with van der Waals surface area (Å²) in [6.07, 6.45) is 2.21. The molecule has 0 radical (unpaired) electrons. The van der Waals surface area contributed by atoms with Crippen LogP contribution in [0, 0.1) is 11.8 Å². The van der Waals surface area contributed by atoms with Gasteiger partial charge in [0.25, 0.3) is 5.91 Å². The minimum Gasteiger partial charge on any atom is -0.337 e. The zero-order valence-electron chi connectivity index (χ0n) is 12.3. The van der Waals surface area contributed by atoms with Crippen LogP contribution in [0.1, 0.15) is 22.5 Å². The van der Waals surface area contributed by atoms with E-state index in [0.29, 0.717) is 26.8 Å². The third-order valence-corrected chi connectivity index (χ3v) is 6.87. The molecule has 23 heavy (non-hydrogen) atoms. The van der Waals surface area contributed by atoms with Crippen molar-refractivity contribution in [3.63, 3.8) is 0 Å². The molecular weight excluding hydrogens is 375 g/mol. The lowest BCUT2D eigenvalue weighted by Crippen LogP contribution is -2.33. The molecule has 2 fully saturated rings. The number of likely N-dealkylation sites (tertiary alicyclic amines) is 1. The molecule has 3 atom stereocenters. The average Bonchev–Trinajstić information content (AvgIpc) is 3.14. The number of rotatable bonds is 1. The average molecular weight is 392 g/mol. The molecule has 2 aromatic rings. The number of nitrogens with two attached hydrogens (primary N) is 1. The van der Waals surface area contributed by atoms with E-state index in [0.717, 1.165) is 36.0 Å². The van der Waals surface area contributed by atoms with Gasteiger partial charge in [0.15, 0.2) is 0 Å². The maximum Gasteiger partial charge on any atom is 0.265 e. The van der Waals surface area contributed by atoms with E-state index in [9.17, 15) is 4.79 Å². The molecule has 1 amide bonds. The maximum absolute atomic E-state index is 12.8.